The van der Waals surface area contributed by atoms with Gasteiger partial charge in [0.1, 0.15) is 9.84 Å². The molecular formula is C12H13NO5S. The zero-order chi connectivity index (χ0) is 14.2. The van der Waals surface area contributed by atoms with Gasteiger partial charge in [-0.3, -0.25) is 4.79 Å². The number of hydrogen-bond donors (Lipinski definition) is 1. The molecule has 0 unspecified atom stereocenters. The molecule has 1 amide bonds. The van der Waals surface area contributed by atoms with E-state index in [1.165, 1.54) is 17.0 Å². The van der Waals surface area contributed by atoms with Crippen molar-refractivity contribution in [1.82, 2.24) is 0 Å². The number of aromatic carboxylic acids is 1. The number of nitrogens with zero attached hydrogens (tertiary/aromatic N) is 1. The van der Waals surface area contributed by atoms with E-state index in [4.69, 9.17) is 5.11 Å². The predicted octanol–water partition coefficient (Wildman–Crippen LogP) is 0.318. The van der Waals surface area contributed by atoms with Crippen LogP contribution in [0.3, 0.4) is 0 Å². The molecule has 6 nitrogen and oxygen atoms in total. The number of carboxylic acid groups (broad SMARTS) is 1. The molecule has 1 aliphatic rings. The van der Waals surface area contributed by atoms with E-state index in [-0.39, 0.29) is 30.2 Å². The second-order valence-corrected chi connectivity index (χ2v) is 6.76. The van der Waals surface area contributed by atoms with Crippen molar-refractivity contribution in [1.29, 1.82) is 0 Å². The molecular weight excluding hydrogens is 270 g/mol. The number of fused-ring (bicyclic) bond motifs is 1. The van der Waals surface area contributed by atoms with Crippen molar-refractivity contribution in [3.8, 4) is 0 Å². The Morgan fingerprint density at radius 3 is 2.68 bits per heavy atom. The first-order chi connectivity index (χ1) is 8.78. The molecule has 1 aromatic carbocycles. The monoisotopic (exact) mass is 283 g/mol. The summed E-state index contributed by atoms with van der Waals surface area (Å²) in [4.78, 5) is 24.1. The molecule has 102 valence electrons. The van der Waals surface area contributed by atoms with E-state index >= 15 is 0 Å². The Labute approximate surface area is 110 Å². The molecule has 0 aromatic heterocycles. The smallest absolute Gasteiger partial charge is 0.335 e. The van der Waals surface area contributed by atoms with E-state index in [1.807, 2.05) is 0 Å². The number of sulfone groups is 1. The molecule has 19 heavy (non-hydrogen) atoms. The summed E-state index contributed by atoms with van der Waals surface area (Å²) in [5, 5.41) is 8.93. The maximum atomic E-state index is 11.8. The molecule has 1 aromatic rings. The summed E-state index contributed by atoms with van der Waals surface area (Å²) in [5.41, 5.74) is 1.30. The maximum absolute atomic E-state index is 11.8. The van der Waals surface area contributed by atoms with E-state index in [0.717, 1.165) is 11.8 Å². The standard InChI is InChI=1S/C12H13NO5S/c1-19(17,18)5-4-13-10-6-9(12(15)16)3-2-8(10)7-11(13)14/h2-3,6H,4-5,7H2,1H3,(H,15,16). The van der Waals surface area contributed by atoms with Gasteiger partial charge in [0.25, 0.3) is 0 Å². The molecule has 0 spiro atoms. The minimum absolute atomic E-state index is 0.0493. The molecule has 0 atom stereocenters. The number of benzene rings is 1. The van der Waals surface area contributed by atoms with E-state index in [2.05, 4.69) is 0 Å². The number of anilines is 1. The highest BCUT2D eigenvalue weighted by atomic mass is 32.2. The largest absolute Gasteiger partial charge is 0.478 e. The minimum atomic E-state index is -3.17. The number of rotatable bonds is 4. The average Bonchev–Trinajstić information content (AvgIpc) is 2.60. The second-order valence-electron chi connectivity index (χ2n) is 4.50. The number of carboxylic acids is 1. The third-order valence-corrected chi connectivity index (χ3v) is 3.88. The molecule has 0 saturated carbocycles. The molecule has 1 heterocycles. The Balaban J connectivity index is 2.31. The van der Waals surface area contributed by atoms with Crippen LogP contribution in [0, 0.1) is 0 Å². The summed E-state index contributed by atoms with van der Waals surface area (Å²) in [7, 11) is -3.17. The first-order valence-electron chi connectivity index (χ1n) is 5.62. The molecule has 0 radical (unpaired) electrons. The quantitative estimate of drug-likeness (QED) is 0.859. The molecule has 0 saturated heterocycles. The van der Waals surface area contributed by atoms with Gasteiger partial charge in [0.2, 0.25) is 5.91 Å². The van der Waals surface area contributed by atoms with Gasteiger partial charge in [0.05, 0.1) is 17.7 Å². The van der Waals surface area contributed by atoms with Gasteiger partial charge in [0, 0.05) is 18.5 Å². The Bertz CT molecular complexity index is 650. The van der Waals surface area contributed by atoms with Crippen LogP contribution in [-0.2, 0) is 21.1 Å². The van der Waals surface area contributed by atoms with Gasteiger partial charge in [-0.15, -0.1) is 0 Å². The highest BCUT2D eigenvalue weighted by Crippen LogP contribution is 2.29. The van der Waals surface area contributed by atoms with E-state index in [9.17, 15) is 18.0 Å². The van der Waals surface area contributed by atoms with Crippen LogP contribution in [0.2, 0.25) is 0 Å². The summed E-state index contributed by atoms with van der Waals surface area (Å²) in [6.45, 7) is 0.0493. The summed E-state index contributed by atoms with van der Waals surface area (Å²) < 4.78 is 22.3. The van der Waals surface area contributed by atoms with Crippen LogP contribution in [0.25, 0.3) is 0 Å². The summed E-state index contributed by atoms with van der Waals surface area (Å²) in [5.74, 6) is -1.43. The van der Waals surface area contributed by atoms with Crippen LogP contribution in [0.5, 0.6) is 0 Å². The van der Waals surface area contributed by atoms with Gasteiger partial charge in [-0.25, -0.2) is 13.2 Å². The van der Waals surface area contributed by atoms with Gasteiger partial charge < -0.3 is 10.0 Å². The lowest BCUT2D eigenvalue weighted by atomic mass is 10.1. The Morgan fingerprint density at radius 1 is 1.42 bits per heavy atom. The zero-order valence-corrected chi connectivity index (χ0v) is 11.1. The van der Waals surface area contributed by atoms with Gasteiger partial charge >= 0.3 is 5.97 Å². The molecule has 2 rings (SSSR count). The molecule has 1 aliphatic heterocycles. The molecule has 0 aliphatic carbocycles. The van der Waals surface area contributed by atoms with Crippen molar-refractivity contribution in [2.24, 2.45) is 0 Å². The van der Waals surface area contributed by atoms with E-state index in [1.54, 1.807) is 6.07 Å². The minimum Gasteiger partial charge on any atom is -0.478 e. The van der Waals surface area contributed by atoms with Crippen LogP contribution < -0.4 is 4.90 Å². The summed E-state index contributed by atoms with van der Waals surface area (Å²) >= 11 is 0. The lowest BCUT2D eigenvalue weighted by Crippen LogP contribution is -2.31. The van der Waals surface area contributed by atoms with Crippen molar-refractivity contribution in [3.05, 3.63) is 29.3 Å². The van der Waals surface area contributed by atoms with Crippen molar-refractivity contribution < 1.29 is 23.1 Å². The number of hydrogen-bond acceptors (Lipinski definition) is 4. The van der Waals surface area contributed by atoms with Crippen molar-refractivity contribution >= 4 is 27.4 Å². The van der Waals surface area contributed by atoms with Crippen molar-refractivity contribution in [2.45, 2.75) is 6.42 Å². The van der Waals surface area contributed by atoms with Crippen molar-refractivity contribution in [3.63, 3.8) is 0 Å². The highest BCUT2D eigenvalue weighted by molar-refractivity contribution is 7.90. The van der Waals surface area contributed by atoms with E-state index < -0.39 is 15.8 Å². The fourth-order valence-corrected chi connectivity index (χ4v) is 2.51. The van der Waals surface area contributed by atoms with Crippen LogP contribution in [0.1, 0.15) is 15.9 Å². The van der Waals surface area contributed by atoms with Crippen LogP contribution >= 0.6 is 0 Å². The van der Waals surface area contributed by atoms with Gasteiger partial charge in [-0.1, -0.05) is 6.07 Å². The highest BCUT2D eigenvalue weighted by Gasteiger charge is 2.28. The summed E-state index contributed by atoms with van der Waals surface area (Å²) in [6, 6.07) is 4.44. The third kappa shape index (κ3) is 2.93. The first-order valence-corrected chi connectivity index (χ1v) is 7.68. The van der Waals surface area contributed by atoms with Crippen molar-refractivity contribution in [2.75, 3.05) is 23.5 Å². The topological polar surface area (TPSA) is 91.8 Å². The molecule has 0 fully saturated rings. The van der Waals surface area contributed by atoms with Crippen LogP contribution in [0.15, 0.2) is 18.2 Å². The SMILES string of the molecule is CS(=O)(=O)CCN1C(=O)Cc2ccc(C(=O)O)cc21. The normalized spacial score (nSPS) is 14.6. The van der Waals surface area contributed by atoms with Crippen LogP contribution in [0.4, 0.5) is 5.69 Å². The summed E-state index contributed by atoms with van der Waals surface area (Å²) in [6.07, 6.45) is 1.28. The van der Waals surface area contributed by atoms with E-state index in [0.29, 0.717) is 5.69 Å². The fourth-order valence-electron chi connectivity index (χ4n) is 1.99. The predicted molar refractivity (Wildman–Crippen MR) is 69.2 cm³/mol. The third-order valence-electron chi connectivity index (χ3n) is 2.95. The van der Waals surface area contributed by atoms with Crippen LogP contribution in [-0.4, -0.2) is 44.0 Å². The lowest BCUT2D eigenvalue weighted by molar-refractivity contribution is -0.117. The Hall–Kier alpha value is -1.89. The Kier molecular flexibility index (Phi) is 3.32. The lowest BCUT2D eigenvalue weighted by Gasteiger charge is -2.17. The number of carbonyl (C=O) groups excluding carboxylic acids is 1. The number of carbonyl (C=O) groups is 2. The fraction of sp³-hybridized carbons (Fsp3) is 0.333. The first kappa shape index (κ1) is 13.5. The molecule has 7 heteroatoms. The average molecular weight is 283 g/mol. The van der Waals surface area contributed by atoms with Gasteiger partial charge in [-0.05, 0) is 17.7 Å². The Morgan fingerprint density at radius 2 is 2.11 bits per heavy atom. The molecule has 0 bridgehead atoms. The van der Waals surface area contributed by atoms with Gasteiger partial charge in [-0.2, -0.15) is 0 Å². The van der Waals surface area contributed by atoms with Gasteiger partial charge in [0.15, 0.2) is 0 Å². The molecule has 1 N–H and O–H groups in total. The number of amides is 1. The maximum Gasteiger partial charge on any atom is 0.335 e. The zero-order valence-electron chi connectivity index (χ0n) is 10.3. The second kappa shape index (κ2) is 4.65.